The summed E-state index contributed by atoms with van der Waals surface area (Å²) in [6.45, 7) is 0. The maximum absolute atomic E-state index is 13.8. The first-order chi connectivity index (χ1) is 13.4. The summed E-state index contributed by atoms with van der Waals surface area (Å²) in [5.41, 5.74) is 3.25. The first-order valence-corrected chi connectivity index (χ1v) is 8.48. The van der Waals surface area contributed by atoms with Gasteiger partial charge in [0.25, 0.3) is 0 Å². The highest BCUT2D eigenvalue weighted by Gasteiger charge is 2.36. The van der Waals surface area contributed by atoms with E-state index in [-0.39, 0.29) is 5.03 Å². The van der Waals surface area contributed by atoms with Gasteiger partial charge in [0.05, 0.1) is 30.5 Å². The summed E-state index contributed by atoms with van der Waals surface area (Å²) in [5.74, 6) is -1.73. The number of carbonyl (C=O) groups is 1. The average molecular weight is 411 g/mol. The Bertz CT molecular complexity index is 934. The zero-order valence-corrected chi connectivity index (χ0v) is 16.0. The number of nitrogens with zero attached hydrogens (tertiary/aromatic N) is 2. The van der Waals surface area contributed by atoms with E-state index in [1.807, 2.05) is 0 Å². The lowest BCUT2D eigenvalue weighted by Crippen LogP contribution is -2.42. The third-order valence-electron chi connectivity index (χ3n) is 4.14. The van der Waals surface area contributed by atoms with Gasteiger partial charge < -0.3 is 19.8 Å². The summed E-state index contributed by atoms with van der Waals surface area (Å²) < 4.78 is 38.1. The van der Waals surface area contributed by atoms with Crippen LogP contribution in [-0.4, -0.2) is 43.2 Å². The quantitative estimate of drug-likeness (QED) is 0.789. The van der Waals surface area contributed by atoms with Crippen LogP contribution in [0.15, 0.2) is 35.5 Å². The summed E-state index contributed by atoms with van der Waals surface area (Å²) >= 11 is 6.43. The highest BCUT2D eigenvalue weighted by atomic mass is 35.5. The molecule has 0 spiro atoms. The number of hydrogen-bond donors (Lipinski definition) is 2. The van der Waals surface area contributed by atoms with Gasteiger partial charge in [0, 0.05) is 19.3 Å². The zero-order chi connectivity index (χ0) is 20.4. The molecule has 28 heavy (non-hydrogen) atoms. The van der Waals surface area contributed by atoms with Crippen LogP contribution < -0.4 is 20.2 Å². The Balaban J connectivity index is 1.94. The van der Waals surface area contributed by atoms with E-state index in [1.54, 1.807) is 13.1 Å². The number of para-hydroxylation sites is 1. The molecule has 3 rings (SSSR count). The molecule has 0 saturated carbocycles. The molecule has 0 radical (unpaired) electrons. The molecule has 1 aliphatic rings. The second-order valence-electron chi connectivity index (χ2n) is 5.83. The molecule has 10 heteroatoms. The van der Waals surface area contributed by atoms with Crippen molar-refractivity contribution < 1.29 is 23.0 Å². The van der Waals surface area contributed by atoms with E-state index in [9.17, 15) is 13.6 Å². The topological polar surface area (TPSA) is 75.7 Å². The molecule has 2 N–H and O–H groups in total. The molecule has 0 fully saturated rings. The number of carbonyl (C=O) groups excluding carboxylic acids is 1. The number of methoxy groups -OCH3 is 2. The van der Waals surface area contributed by atoms with Crippen LogP contribution in [0.3, 0.4) is 0 Å². The second-order valence-corrected chi connectivity index (χ2v) is 6.24. The molecular weight excluding hydrogens is 394 g/mol. The lowest BCUT2D eigenvalue weighted by atomic mass is 10.1. The smallest absolute Gasteiger partial charge is 0.249 e. The molecule has 1 atom stereocenters. The van der Waals surface area contributed by atoms with Crippen LogP contribution in [0.4, 0.5) is 14.5 Å². The van der Waals surface area contributed by atoms with Crippen molar-refractivity contribution >= 4 is 28.9 Å². The van der Waals surface area contributed by atoms with E-state index in [2.05, 4.69) is 15.7 Å². The van der Waals surface area contributed by atoms with Crippen molar-refractivity contribution in [3.05, 3.63) is 52.7 Å². The van der Waals surface area contributed by atoms with Gasteiger partial charge in [-0.2, -0.15) is 0 Å². The predicted molar refractivity (Wildman–Crippen MR) is 99.8 cm³/mol. The fraction of sp³-hybridized carbons (Fsp3) is 0.222. The van der Waals surface area contributed by atoms with Crippen molar-refractivity contribution in [3.8, 4) is 11.6 Å². The van der Waals surface area contributed by atoms with Crippen molar-refractivity contribution in [3.63, 3.8) is 0 Å². The van der Waals surface area contributed by atoms with Crippen LogP contribution in [0.5, 0.6) is 11.6 Å². The Morgan fingerprint density at radius 2 is 1.96 bits per heavy atom. The number of amides is 1. The third-order valence-corrected chi connectivity index (χ3v) is 4.53. The Labute approximate surface area is 164 Å². The van der Waals surface area contributed by atoms with Crippen molar-refractivity contribution in [2.24, 2.45) is 0 Å². The molecule has 1 aromatic carbocycles. The third kappa shape index (κ3) is 3.58. The summed E-state index contributed by atoms with van der Waals surface area (Å²) in [5, 5.41) is 3.85. The van der Waals surface area contributed by atoms with Crippen LogP contribution >= 0.6 is 11.6 Å². The van der Waals surface area contributed by atoms with Gasteiger partial charge in [-0.05, 0) is 12.1 Å². The molecule has 7 nitrogen and oxygen atoms in total. The number of nitrogens with one attached hydrogen (secondary N) is 2. The Morgan fingerprint density at radius 3 is 2.57 bits per heavy atom. The van der Waals surface area contributed by atoms with Gasteiger partial charge >= 0.3 is 0 Å². The van der Waals surface area contributed by atoms with E-state index in [0.717, 1.165) is 12.1 Å². The van der Waals surface area contributed by atoms with Crippen LogP contribution in [-0.2, 0) is 4.79 Å². The fourth-order valence-corrected chi connectivity index (χ4v) is 3.16. The molecule has 0 aliphatic carbocycles. The Hall–Kier alpha value is -2.91. The SMILES string of the molecule is COc1cc(OC)c(C2=C(Cl)C(C(=O)Nc3c(F)cccc3F)NN2C)cn1. The maximum Gasteiger partial charge on any atom is 0.249 e. The van der Waals surface area contributed by atoms with Crippen LogP contribution in [0.2, 0.25) is 0 Å². The van der Waals surface area contributed by atoms with E-state index in [0.29, 0.717) is 22.9 Å². The first kappa shape index (κ1) is 19.8. The summed E-state index contributed by atoms with van der Waals surface area (Å²) in [4.78, 5) is 16.7. The normalized spacial score (nSPS) is 16.4. The number of rotatable bonds is 5. The number of hydrogen-bond acceptors (Lipinski definition) is 6. The molecule has 1 unspecified atom stereocenters. The molecule has 148 valence electrons. The molecule has 2 heterocycles. The minimum absolute atomic E-state index is 0.113. The van der Waals surface area contributed by atoms with Gasteiger partial charge in [-0.25, -0.2) is 19.2 Å². The maximum atomic E-state index is 13.8. The molecule has 1 aromatic heterocycles. The Morgan fingerprint density at radius 1 is 1.29 bits per heavy atom. The fourth-order valence-electron chi connectivity index (χ4n) is 2.78. The van der Waals surface area contributed by atoms with Crippen LogP contribution in [0.1, 0.15) is 5.56 Å². The summed E-state index contributed by atoms with van der Waals surface area (Å²) in [6, 6.07) is 3.80. The minimum atomic E-state index is -1.06. The number of benzene rings is 1. The average Bonchev–Trinajstić information content (AvgIpc) is 2.98. The lowest BCUT2D eigenvalue weighted by Gasteiger charge is -2.19. The van der Waals surface area contributed by atoms with Crippen LogP contribution in [0.25, 0.3) is 5.70 Å². The molecular formula is C18H17ClF2N4O3. The number of hydrazine groups is 1. The Kier molecular flexibility index (Phi) is 5.66. The van der Waals surface area contributed by atoms with Crippen molar-refractivity contribution in [1.82, 2.24) is 15.4 Å². The number of aromatic nitrogens is 1. The molecule has 0 saturated heterocycles. The highest BCUT2D eigenvalue weighted by molar-refractivity contribution is 6.36. The van der Waals surface area contributed by atoms with E-state index in [1.165, 1.54) is 31.5 Å². The summed E-state index contributed by atoms with van der Waals surface area (Å²) in [7, 11) is 4.58. The minimum Gasteiger partial charge on any atom is -0.496 e. The van der Waals surface area contributed by atoms with Gasteiger partial charge in [-0.1, -0.05) is 17.7 Å². The van der Waals surface area contributed by atoms with Crippen LogP contribution in [0, 0.1) is 11.6 Å². The van der Waals surface area contributed by atoms with Gasteiger partial charge in [0.15, 0.2) is 0 Å². The van der Waals surface area contributed by atoms with Gasteiger partial charge in [-0.3, -0.25) is 4.79 Å². The highest BCUT2D eigenvalue weighted by Crippen LogP contribution is 2.37. The zero-order valence-electron chi connectivity index (χ0n) is 15.2. The monoisotopic (exact) mass is 410 g/mol. The van der Waals surface area contributed by atoms with E-state index in [4.69, 9.17) is 21.1 Å². The number of ether oxygens (including phenoxy) is 2. The standard InChI is InChI=1S/C18H17ClF2N4O3/c1-25-17(9-8-22-13(28-3)7-12(9)27-2)14(19)16(24-25)18(26)23-15-10(20)5-4-6-11(15)21/h4-8,16,24H,1-3H3,(H,23,26). The van der Waals surface area contributed by atoms with E-state index < -0.39 is 29.3 Å². The molecule has 1 aliphatic heterocycles. The van der Waals surface area contributed by atoms with Gasteiger partial charge in [-0.15, -0.1) is 0 Å². The lowest BCUT2D eigenvalue weighted by molar-refractivity contribution is -0.117. The summed E-state index contributed by atoms with van der Waals surface area (Å²) in [6.07, 6.45) is 1.49. The van der Waals surface area contributed by atoms with Crippen molar-refractivity contribution in [2.75, 3.05) is 26.6 Å². The first-order valence-electron chi connectivity index (χ1n) is 8.10. The van der Waals surface area contributed by atoms with E-state index >= 15 is 0 Å². The predicted octanol–water partition coefficient (Wildman–Crippen LogP) is 2.74. The van der Waals surface area contributed by atoms with Gasteiger partial charge in [0.1, 0.15) is 29.1 Å². The van der Waals surface area contributed by atoms with Crippen molar-refractivity contribution in [1.29, 1.82) is 0 Å². The second kappa shape index (κ2) is 7.99. The molecule has 1 amide bonds. The number of pyridine rings is 1. The molecule has 2 aromatic rings. The number of anilines is 1. The largest absolute Gasteiger partial charge is 0.496 e. The number of halogens is 3. The molecule has 0 bridgehead atoms. The van der Waals surface area contributed by atoms with Crippen molar-refractivity contribution in [2.45, 2.75) is 6.04 Å². The van der Waals surface area contributed by atoms with Gasteiger partial charge in [0.2, 0.25) is 11.8 Å².